The third-order valence-corrected chi connectivity index (χ3v) is 4.15. The van der Waals surface area contributed by atoms with Crippen LogP contribution in [0.3, 0.4) is 0 Å². The summed E-state index contributed by atoms with van der Waals surface area (Å²) in [4.78, 5) is 23.9. The van der Waals surface area contributed by atoms with Crippen LogP contribution in [-0.4, -0.2) is 51.2 Å². The van der Waals surface area contributed by atoms with Gasteiger partial charge in [-0.3, -0.25) is 14.5 Å². The van der Waals surface area contributed by atoms with E-state index in [4.69, 9.17) is 35.3 Å². The summed E-state index contributed by atoms with van der Waals surface area (Å²) < 4.78 is 0. The lowest BCUT2D eigenvalue weighted by atomic mass is 10.1. The Labute approximate surface area is 155 Å². The molecule has 2 rings (SSSR count). The summed E-state index contributed by atoms with van der Waals surface area (Å²) in [6, 6.07) is 6.78. The number of nitrogens with two attached hydrogens (primary N) is 1. The number of carboxylic acid groups (broad SMARTS) is 1. The topological polar surface area (TPSA) is 120 Å². The fraction of sp³-hybridized carbons (Fsp3) is 0.333. The highest BCUT2D eigenvalue weighted by Gasteiger charge is 2.35. The van der Waals surface area contributed by atoms with E-state index in [-0.39, 0.29) is 11.0 Å². The Bertz CT molecular complexity index is 697. The van der Waals surface area contributed by atoms with E-state index in [0.29, 0.717) is 30.2 Å². The summed E-state index contributed by atoms with van der Waals surface area (Å²) in [5.74, 6) is -1.42. The highest BCUT2D eigenvalue weighted by atomic mass is 32.1. The van der Waals surface area contributed by atoms with Crippen LogP contribution in [0.1, 0.15) is 12.8 Å². The van der Waals surface area contributed by atoms with E-state index in [1.807, 2.05) is 18.2 Å². The van der Waals surface area contributed by atoms with Gasteiger partial charge in [0, 0.05) is 6.54 Å². The number of hydrogen-bond acceptors (Lipinski definition) is 5. The second-order valence-corrected chi connectivity index (χ2v) is 6.23. The van der Waals surface area contributed by atoms with Crippen LogP contribution in [-0.2, 0) is 9.59 Å². The smallest absolute Gasteiger partial charge is 0.323 e. The van der Waals surface area contributed by atoms with Crippen molar-refractivity contribution in [1.29, 1.82) is 0 Å². The Balaban J connectivity index is 1.72. The Morgan fingerprint density at radius 2 is 2.12 bits per heavy atom. The first-order valence-corrected chi connectivity index (χ1v) is 8.43. The van der Waals surface area contributed by atoms with Crippen molar-refractivity contribution in [2.45, 2.75) is 18.9 Å². The number of carbonyl (C=O) groups is 2. The maximum Gasteiger partial charge on any atom is 0.323 e. The molecule has 1 aliphatic heterocycles. The predicted octanol–water partition coefficient (Wildman–Crippen LogP) is 0.505. The molecule has 0 unspecified atom stereocenters. The van der Waals surface area contributed by atoms with Crippen LogP contribution < -0.4 is 21.7 Å². The Morgan fingerprint density at radius 1 is 1.40 bits per heavy atom. The maximum atomic E-state index is 12.1. The predicted molar refractivity (Wildman–Crippen MR) is 103 cm³/mol. The van der Waals surface area contributed by atoms with Gasteiger partial charge in [0.15, 0.2) is 10.2 Å². The molecule has 0 spiro atoms. The van der Waals surface area contributed by atoms with E-state index in [1.54, 1.807) is 6.07 Å². The van der Waals surface area contributed by atoms with Crippen molar-refractivity contribution in [3.05, 3.63) is 24.3 Å². The molecule has 1 saturated heterocycles. The van der Waals surface area contributed by atoms with Gasteiger partial charge < -0.3 is 26.8 Å². The molecule has 134 valence electrons. The number of nitrogen functional groups attached to an aromatic ring is 1. The molecule has 1 amide bonds. The average Bonchev–Trinajstić information content (AvgIpc) is 2.81. The van der Waals surface area contributed by atoms with E-state index in [0.717, 1.165) is 10.6 Å². The lowest BCUT2D eigenvalue weighted by molar-refractivity contribution is -0.141. The molecular formula is C15H19N5O3S2. The van der Waals surface area contributed by atoms with Crippen LogP contribution in [0.5, 0.6) is 0 Å². The molecule has 10 heteroatoms. The molecule has 0 saturated carbocycles. The van der Waals surface area contributed by atoms with Crippen molar-refractivity contribution in [3.8, 4) is 0 Å². The number of para-hydroxylation sites is 2. The fourth-order valence-corrected chi connectivity index (χ4v) is 2.85. The van der Waals surface area contributed by atoms with Crippen molar-refractivity contribution in [3.63, 3.8) is 0 Å². The van der Waals surface area contributed by atoms with Gasteiger partial charge in [-0.25, -0.2) is 0 Å². The molecule has 1 atom stereocenters. The average molecular weight is 381 g/mol. The summed E-state index contributed by atoms with van der Waals surface area (Å²) in [7, 11) is 0. The third kappa shape index (κ3) is 5.26. The number of hydrogen-bond donors (Lipinski definition) is 5. The standard InChI is InChI=1S/C15H19N5O3S2/c16-9-4-1-2-5-10(9)18-14(24)17-7-3-6-11-13(23)20(8-12(21)22)15(25)19-11/h1-2,4-5,11H,3,6-8,16H2,(H,19,25)(H,21,22)(H2,17,18,24)/t11-/m0/s1. The molecule has 1 aliphatic rings. The summed E-state index contributed by atoms with van der Waals surface area (Å²) in [6.07, 6.45) is 1.16. The van der Waals surface area contributed by atoms with Gasteiger partial charge in [-0.1, -0.05) is 12.1 Å². The molecule has 1 fully saturated rings. The Kier molecular flexibility index (Phi) is 6.48. The molecule has 1 heterocycles. The van der Waals surface area contributed by atoms with Crippen molar-refractivity contribution in [1.82, 2.24) is 15.5 Å². The number of aliphatic carboxylic acids is 1. The largest absolute Gasteiger partial charge is 0.480 e. The van der Waals surface area contributed by atoms with Crippen LogP contribution in [0.25, 0.3) is 0 Å². The molecule has 25 heavy (non-hydrogen) atoms. The molecule has 0 aromatic heterocycles. The minimum Gasteiger partial charge on any atom is -0.480 e. The lowest BCUT2D eigenvalue weighted by Gasteiger charge is -2.13. The second kappa shape index (κ2) is 8.58. The van der Waals surface area contributed by atoms with Crippen LogP contribution in [0.15, 0.2) is 24.3 Å². The number of rotatable bonds is 7. The first-order chi connectivity index (χ1) is 11.9. The number of carbonyl (C=O) groups excluding carboxylic acids is 1. The summed E-state index contributed by atoms with van der Waals surface area (Å²) in [5.41, 5.74) is 7.15. The van der Waals surface area contributed by atoms with Gasteiger partial charge in [0.05, 0.1) is 11.4 Å². The number of anilines is 2. The fourth-order valence-electron chi connectivity index (χ4n) is 2.34. The summed E-state index contributed by atoms with van der Waals surface area (Å²) in [6.45, 7) is 0.127. The van der Waals surface area contributed by atoms with Gasteiger partial charge in [-0.2, -0.15) is 0 Å². The van der Waals surface area contributed by atoms with E-state index in [1.165, 1.54) is 0 Å². The zero-order valence-electron chi connectivity index (χ0n) is 13.3. The van der Waals surface area contributed by atoms with E-state index >= 15 is 0 Å². The number of carboxylic acids is 1. The van der Waals surface area contributed by atoms with Crippen LogP contribution in [0.4, 0.5) is 11.4 Å². The SMILES string of the molecule is Nc1ccccc1NC(=S)NCCC[C@@H]1NC(=S)N(CC(=O)O)C1=O. The third-order valence-electron chi connectivity index (χ3n) is 3.56. The minimum atomic E-state index is -1.10. The van der Waals surface area contributed by atoms with Crippen LogP contribution in [0.2, 0.25) is 0 Å². The Morgan fingerprint density at radius 3 is 2.80 bits per heavy atom. The van der Waals surface area contributed by atoms with Crippen molar-refractivity contribution in [2.24, 2.45) is 0 Å². The van der Waals surface area contributed by atoms with Gasteiger partial charge in [0.1, 0.15) is 12.6 Å². The Hall–Kier alpha value is -2.46. The quantitative estimate of drug-likeness (QED) is 0.261. The molecule has 0 aliphatic carbocycles. The summed E-state index contributed by atoms with van der Waals surface area (Å²) >= 11 is 10.2. The molecular weight excluding hydrogens is 362 g/mol. The second-order valence-electron chi connectivity index (χ2n) is 5.43. The van der Waals surface area contributed by atoms with Gasteiger partial charge >= 0.3 is 5.97 Å². The number of nitrogens with one attached hydrogen (secondary N) is 3. The van der Waals surface area contributed by atoms with Crippen molar-refractivity contribution < 1.29 is 14.7 Å². The normalized spacial score (nSPS) is 16.5. The van der Waals surface area contributed by atoms with Crippen LogP contribution >= 0.6 is 24.4 Å². The molecule has 8 nitrogen and oxygen atoms in total. The lowest BCUT2D eigenvalue weighted by Crippen LogP contribution is -2.36. The zero-order valence-corrected chi connectivity index (χ0v) is 15.0. The summed E-state index contributed by atoms with van der Waals surface area (Å²) in [5, 5.41) is 18.3. The monoisotopic (exact) mass is 381 g/mol. The first-order valence-electron chi connectivity index (χ1n) is 7.61. The molecule has 0 bridgehead atoms. The van der Waals surface area contributed by atoms with Crippen LogP contribution in [0, 0.1) is 0 Å². The van der Waals surface area contributed by atoms with Gasteiger partial charge in [0.25, 0.3) is 5.91 Å². The number of amides is 1. The van der Waals surface area contributed by atoms with Gasteiger partial charge in [0.2, 0.25) is 0 Å². The highest BCUT2D eigenvalue weighted by Crippen LogP contribution is 2.16. The number of thiocarbonyl (C=S) groups is 2. The zero-order chi connectivity index (χ0) is 18.4. The maximum absolute atomic E-state index is 12.1. The molecule has 6 N–H and O–H groups in total. The number of nitrogens with zero attached hydrogens (tertiary/aromatic N) is 1. The van der Waals surface area contributed by atoms with Crippen molar-refractivity contribution in [2.75, 3.05) is 24.1 Å². The molecule has 0 radical (unpaired) electrons. The van der Waals surface area contributed by atoms with E-state index in [2.05, 4.69) is 16.0 Å². The van der Waals surface area contributed by atoms with Gasteiger partial charge in [-0.15, -0.1) is 0 Å². The van der Waals surface area contributed by atoms with E-state index < -0.39 is 18.6 Å². The van der Waals surface area contributed by atoms with E-state index in [9.17, 15) is 9.59 Å². The van der Waals surface area contributed by atoms with Crippen molar-refractivity contribution >= 4 is 57.9 Å². The molecule has 1 aromatic carbocycles. The number of benzene rings is 1. The first kappa shape index (κ1) is 18.9. The highest BCUT2D eigenvalue weighted by molar-refractivity contribution is 7.80. The van der Waals surface area contributed by atoms with Gasteiger partial charge in [-0.05, 0) is 49.4 Å². The minimum absolute atomic E-state index is 0.155. The molecule has 1 aromatic rings.